The lowest BCUT2D eigenvalue weighted by molar-refractivity contribution is 0.955. The lowest BCUT2D eigenvalue weighted by Crippen LogP contribution is -2.26. The maximum absolute atomic E-state index is 2.34. The molecule has 2 aromatic carbocycles. The summed E-state index contributed by atoms with van der Waals surface area (Å²) in [7, 11) is 0. The number of nitrogens with zero attached hydrogens (tertiary/aromatic N) is 2. The van der Waals surface area contributed by atoms with Crippen molar-refractivity contribution in [1.82, 2.24) is 0 Å². The van der Waals surface area contributed by atoms with Gasteiger partial charge in [0.15, 0.2) is 0 Å². The van der Waals surface area contributed by atoms with E-state index in [1.807, 2.05) is 0 Å². The van der Waals surface area contributed by atoms with Gasteiger partial charge in [0, 0.05) is 23.8 Å². The van der Waals surface area contributed by atoms with Crippen LogP contribution in [0.2, 0.25) is 0 Å². The molecule has 0 amide bonds. The third-order valence-electron chi connectivity index (χ3n) is 4.38. The van der Waals surface area contributed by atoms with Crippen LogP contribution in [-0.2, 0) is 0 Å². The van der Waals surface area contributed by atoms with Crippen molar-refractivity contribution in [1.29, 1.82) is 0 Å². The van der Waals surface area contributed by atoms with Crippen LogP contribution in [0.25, 0.3) is 0 Å². The van der Waals surface area contributed by atoms with Crippen molar-refractivity contribution >= 4 is 11.4 Å². The Kier molecular flexibility index (Phi) is 3.69. The number of anilines is 2. The van der Waals surface area contributed by atoms with Gasteiger partial charge in [0.2, 0.25) is 0 Å². The summed E-state index contributed by atoms with van der Waals surface area (Å²) < 4.78 is 0. The Morgan fingerprint density at radius 2 is 1.14 bits per heavy atom. The Labute approximate surface area is 133 Å². The van der Waals surface area contributed by atoms with Crippen molar-refractivity contribution in [2.24, 2.45) is 0 Å². The molecule has 3 rings (SSSR count). The minimum Gasteiger partial charge on any atom is -0.328 e. The summed E-state index contributed by atoms with van der Waals surface area (Å²) in [6, 6.07) is 11.0. The van der Waals surface area contributed by atoms with Crippen molar-refractivity contribution in [2.75, 3.05) is 16.5 Å². The molecule has 0 fully saturated rings. The Bertz CT molecular complexity index is 700. The molecule has 0 saturated heterocycles. The van der Waals surface area contributed by atoms with Crippen LogP contribution >= 0.6 is 0 Å². The molecule has 0 spiro atoms. The van der Waals surface area contributed by atoms with Crippen molar-refractivity contribution < 1.29 is 0 Å². The average Bonchev–Trinajstić information content (AvgIpc) is 2.86. The number of rotatable bonds is 2. The monoisotopic (exact) mass is 292 g/mol. The van der Waals surface area contributed by atoms with Crippen LogP contribution in [0.3, 0.4) is 0 Å². The van der Waals surface area contributed by atoms with E-state index >= 15 is 0 Å². The molecule has 1 aliphatic rings. The Morgan fingerprint density at radius 3 is 1.64 bits per heavy atom. The van der Waals surface area contributed by atoms with Crippen molar-refractivity contribution in [3.63, 3.8) is 0 Å². The van der Waals surface area contributed by atoms with Gasteiger partial charge < -0.3 is 9.80 Å². The highest BCUT2D eigenvalue weighted by atomic mass is 15.3. The zero-order valence-electron chi connectivity index (χ0n) is 14.1. The SMILES string of the molecule is Cc1cc(C)c(N2C=CN(c3c(C)cccc3C)C2)c(C)c1. The molecule has 0 aromatic heterocycles. The molecule has 0 N–H and O–H groups in total. The molecule has 1 heterocycles. The van der Waals surface area contributed by atoms with E-state index < -0.39 is 0 Å². The largest absolute Gasteiger partial charge is 0.328 e. The lowest BCUT2D eigenvalue weighted by atomic mass is 10.0. The third kappa shape index (κ3) is 2.50. The molecule has 0 saturated carbocycles. The first kappa shape index (κ1) is 14.7. The molecular weight excluding hydrogens is 268 g/mol. The topological polar surface area (TPSA) is 6.48 Å². The van der Waals surface area contributed by atoms with Crippen LogP contribution in [-0.4, -0.2) is 6.67 Å². The van der Waals surface area contributed by atoms with E-state index in [9.17, 15) is 0 Å². The van der Waals surface area contributed by atoms with Crippen LogP contribution in [0.15, 0.2) is 42.7 Å². The van der Waals surface area contributed by atoms with Gasteiger partial charge in [-0.1, -0.05) is 35.9 Å². The summed E-state index contributed by atoms with van der Waals surface area (Å²) in [5.41, 5.74) is 9.30. The predicted molar refractivity (Wildman–Crippen MR) is 95.5 cm³/mol. The number of benzene rings is 2. The van der Waals surface area contributed by atoms with Gasteiger partial charge in [0.05, 0.1) is 6.67 Å². The van der Waals surface area contributed by atoms with Crippen LogP contribution < -0.4 is 9.80 Å². The first-order chi connectivity index (χ1) is 10.5. The van der Waals surface area contributed by atoms with E-state index in [1.54, 1.807) is 0 Å². The molecular formula is C20H24N2. The van der Waals surface area contributed by atoms with E-state index in [4.69, 9.17) is 0 Å². The van der Waals surface area contributed by atoms with Gasteiger partial charge >= 0.3 is 0 Å². The molecule has 2 nitrogen and oxygen atoms in total. The highest BCUT2D eigenvalue weighted by molar-refractivity contribution is 5.68. The second-order valence-corrected chi connectivity index (χ2v) is 6.37. The minimum atomic E-state index is 0.871. The first-order valence-corrected chi connectivity index (χ1v) is 7.83. The van der Waals surface area contributed by atoms with Gasteiger partial charge in [0.1, 0.15) is 0 Å². The summed E-state index contributed by atoms with van der Waals surface area (Å²) in [4.78, 5) is 4.68. The quantitative estimate of drug-likeness (QED) is 0.770. The highest BCUT2D eigenvalue weighted by Gasteiger charge is 2.20. The minimum absolute atomic E-state index is 0.871. The van der Waals surface area contributed by atoms with Crippen molar-refractivity contribution in [3.05, 3.63) is 70.5 Å². The molecule has 22 heavy (non-hydrogen) atoms. The van der Waals surface area contributed by atoms with Gasteiger partial charge in [-0.05, 0) is 56.9 Å². The highest BCUT2D eigenvalue weighted by Crippen LogP contribution is 2.32. The lowest BCUT2D eigenvalue weighted by Gasteiger charge is -2.26. The van der Waals surface area contributed by atoms with Crippen molar-refractivity contribution in [2.45, 2.75) is 34.6 Å². The molecule has 0 radical (unpaired) electrons. The molecule has 0 bridgehead atoms. The van der Waals surface area contributed by atoms with E-state index in [0.29, 0.717) is 0 Å². The fourth-order valence-electron chi connectivity index (χ4n) is 3.59. The van der Waals surface area contributed by atoms with Crippen molar-refractivity contribution in [3.8, 4) is 0 Å². The second kappa shape index (κ2) is 5.53. The molecule has 0 aliphatic carbocycles. The molecule has 114 valence electrons. The third-order valence-corrected chi connectivity index (χ3v) is 4.38. The van der Waals surface area contributed by atoms with Gasteiger partial charge in [-0.15, -0.1) is 0 Å². The molecule has 0 unspecified atom stereocenters. The summed E-state index contributed by atoms with van der Waals surface area (Å²) in [5, 5.41) is 0. The average molecular weight is 292 g/mol. The number of aryl methyl sites for hydroxylation is 5. The van der Waals surface area contributed by atoms with Crippen LogP contribution in [0, 0.1) is 34.6 Å². The number of para-hydroxylation sites is 1. The predicted octanol–water partition coefficient (Wildman–Crippen LogP) is 4.98. The summed E-state index contributed by atoms with van der Waals surface area (Å²) in [6.07, 6.45) is 4.38. The molecule has 2 heteroatoms. The van der Waals surface area contributed by atoms with E-state index in [1.165, 1.54) is 39.2 Å². The van der Waals surface area contributed by atoms with Gasteiger partial charge in [-0.3, -0.25) is 0 Å². The molecule has 1 aliphatic heterocycles. The van der Waals surface area contributed by atoms with Gasteiger partial charge in [0.25, 0.3) is 0 Å². The maximum atomic E-state index is 2.34. The Morgan fingerprint density at radius 1 is 0.682 bits per heavy atom. The zero-order chi connectivity index (χ0) is 15.9. The first-order valence-electron chi connectivity index (χ1n) is 7.83. The van der Waals surface area contributed by atoms with Gasteiger partial charge in [-0.2, -0.15) is 0 Å². The smallest absolute Gasteiger partial charge is 0.0989 e. The van der Waals surface area contributed by atoms with Crippen LogP contribution in [0.1, 0.15) is 27.8 Å². The number of hydrogen-bond acceptors (Lipinski definition) is 2. The van der Waals surface area contributed by atoms with E-state index in [-0.39, 0.29) is 0 Å². The Balaban J connectivity index is 1.93. The van der Waals surface area contributed by atoms with Gasteiger partial charge in [-0.25, -0.2) is 0 Å². The fourth-order valence-corrected chi connectivity index (χ4v) is 3.59. The summed E-state index contributed by atoms with van der Waals surface area (Å²) in [6.45, 7) is 11.8. The normalized spacial score (nSPS) is 14.0. The molecule has 2 aromatic rings. The van der Waals surface area contributed by atoms with E-state index in [0.717, 1.165) is 6.67 Å². The van der Waals surface area contributed by atoms with E-state index in [2.05, 4.69) is 87.2 Å². The maximum Gasteiger partial charge on any atom is 0.0989 e. The summed E-state index contributed by atoms with van der Waals surface area (Å²) >= 11 is 0. The second-order valence-electron chi connectivity index (χ2n) is 6.37. The fraction of sp³-hybridized carbons (Fsp3) is 0.300. The Hall–Kier alpha value is -2.22. The van der Waals surface area contributed by atoms with Crippen LogP contribution in [0.5, 0.6) is 0 Å². The summed E-state index contributed by atoms with van der Waals surface area (Å²) in [5.74, 6) is 0. The standard InChI is InChI=1S/C20H24N2/c1-14-11-17(4)20(18(5)12-14)22-10-9-21(13-22)19-15(2)7-6-8-16(19)3/h6-12H,13H2,1-5H3. The zero-order valence-corrected chi connectivity index (χ0v) is 14.1. The van der Waals surface area contributed by atoms with Crippen LogP contribution in [0.4, 0.5) is 11.4 Å². The molecule has 0 atom stereocenters. The number of hydrogen-bond donors (Lipinski definition) is 0.